The highest BCUT2D eigenvalue weighted by Gasteiger charge is 2.35. The molecule has 1 aromatic rings. The van der Waals surface area contributed by atoms with Gasteiger partial charge in [0.25, 0.3) is 0 Å². The number of alkyl halides is 3. The summed E-state index contributed by atoms with van der Waals surface area (Å²) in [5.41, 5.74) is 5.47. The lowest BCUT2D eigenvalue weighted by atomic mass is 10.1. The topological polar surface area (TPSA) is 53.0 Å². The summed E-state index contributed by atoms with van der Waals surface area (Å²) in [5, 5.41) is 9.09. The number of anilines is 1. The van der Waals surface area contributed by atoms with E-state index in [1.54, 1.807) is 7.05 Å². The van der Waals surface area contributed by atoms with Gasteiger partial charge in [-0.2, -0.15) is 18.4 Å². The van der Waals surface area contributed by atoms with Crippen LogP contribution in [-0.4, -0.2) is 19.6 Å². The van der Waals surface area contributed by atoms with Gasteiger partial charge in [-0.1, -0.05) is 0 Å². The lowest BCUT2D eigenvalue weighted by Gasteiger charge is -2.30. The van der Waals surface area contributed by atoms with Crippen LogP contribution in [0.5, 0.6) is 0 Å². The summed E-state index contributed by atoms with van der Waals surface area (Å²) >= 11 is 0. The van der Waals surface area contributed by atoms with Crippen molar-refractivity contribution in [3.05, 3.63) is 29.3 Å². The van der Waals surface area contributed by atoms with Crippen LogP contribution in [0.1, 0.15) is 24.0 Å². The number of nitrogens with zero attached hydrogens (tertiary/aromatic N) is 2. The molecule has 0 saturated heterocycles. The summed E-state index contributed by atoms with van der Waals surface area (Å²) in [6.45, 7) is 0.424. The minimum atomic E-state index is -4.44. The van der Waals surface area contributed by atoms with Crippen molar-refractivity contribution in [3.8, 4) is 6.07 Å². The van der Waals surface area contributed by atoms with Gasteiger partial charge >= 0.3 is 6.18 Å². The largest absolute Gasteiger partial charge is 0.416 e. The molecule has 108 valence electrons. The Kier molecular flexibility index (Phi) is 3.91. The average molecular weight is 283 g/mol. The minimum Gasteiger partial charge on any atom is -0.369 e. The van der Waals surface area contributed by atoms with Crippen molar-refractivity contribution in [3.63, 3.8) is 0 Å². The lowest BCUT2D eigenvalue weighted by molar-refractivity contribution is -0.137. The van der Waals surface area contributed by atoms with Crippen LogP contribution < -0.4 is 10.6 Å². The second kappa shape index (κ2) is 5.33. The first-order chi connectivity index (χ1) is 9.38. The molecule has 0 spiro atoms. The number of hydrogen-bond acceptors (Lipinski definition) is 3. The molecule has 0 aromatic heterocycles. The standard InChI is InChI=1S/C14H16F3N3/c1-20(13(8-19)9-2-3-9)12-5-4-11(14(15,16)17)6-10(12)7-18/h4-6,9,13H,2-3,8,19H2,1H3. The summed E-state index contributed by atoms with van der Waals surface area (Å²) in [6, 6.07) is 5.17. The zero-order valence-corrected chi connectivity index (χ0v) is 11.1. The molecule has 6 heteroatoms. The first kappa shape index (κ1) is 14.7. The number of benzene rings is 1. The zero-order chi connectivity index (χ0) is 14.9. The molecule has 2 N–H and O–H groups in total. The molecule has 3 nitrogen and oxygen atoms in total. The normalized spacial score (nSPS) is 16.6. The van der Waals surface area contributed by atoms with Crippen molar-refractivity contribution in [1.82, 2.24) is 0 Å². The van der Waals surface area contributed by atoms with Crippen molar-refractivity contribution >= 4 is 5.69 Å². The maximum absolute atomic E-state index is 12.7. The Morgan fingerprint density at radius 3 is 2.55 bits per heavy atom. The van der Waals surface area contributed by atoms with Crippen LogP contribution in [0, 0.1) is 17.2 Å². The van der Waals surface area contributed by atoms with Crippen molar-refractivity contribution < 1.29 is 13.2 Å². The molecule has 0 heterocycles. The third-order valence-electron chi connectivity index (χ3n) is 3.73. The van der Waals surface area contributed by atoms with Crippen molar-refractivity contribution in [2.24, 2.45) is 11.7 Å². The Morgan fingerprint density at radius 2 is 2.10 bits per heavy atom. The van der Waals surface area contributed by atoms with E-state index < -0.39 is 11.7 Å². The molecule has 0 bridgehead atoms. The van der Waals surface area contributed by atoms with Gasteiger partial charge in [-0.25, -0.2) is 0 Å². The molecule has 0 radical (unpaired) electrons. The monoisotopic (exact) mass is 283 g/mol. The fraction of sp³-hybridized carbons (Fsp3) is 0.500. The van der Waals surface area contributed by atoms with E-state index in [1.807, 2.05) is 11.0 Å². The lowest BCUT2D eigenvalue weighted by Crippen LogP contribution is -2.40. The maximum Gasteiger partial charge on any atom is 0.416 e. The summed E-state index contributed by atoms with van der Waals surface area (Å²) in [5.74, 6) is 0.471. The van der Waals surface area contributed by atoms with Crippen LogP contribution in [-0.2, 0) is 6.18 Å². The summed E-state index contributed by atoms with van der Waals surface area (Å²) in [7, 11) is 1.78. The summed E-state index contributed by atoms with van der Waals surface area (Å²) in [6.07, 6.45) is -2.28. The van der Waals surface area contributed by atoms with Crippen LogP contribution in [0.15, 0.2) is 18.2 Å². The molecule has 1 unspecified atom stereocenters. The Labute approximate surface area is 115 Å². The molecule has 0 aliphatic heterocycles. The highest BCUT2D eigenvalue weighted by Crippen LogP contribution is 2.38. The molecular formula is C14H16F3N3. The number of rotatable bonds is 4. The molecular weight excluding hydrogens is 267 g/mol. The SMILES string of the molecule is CN(c1ccc(C(F)(F)F)cc1C#N)C(CN)C1CC1. The van der Waals surface area contributed by atoms with E-state index >= 15 is 0 Å². The van der Waals surface area contributed by atoms with Crippen molar-refractivity contribution in [2.75, 3.05) is 18.5 Å². The Bertz CT molecular complexity index is 529. The first-order valence-electron chi connectivity index (χ1n) is 6.42. The van der Waals surface area contributed by atoms with E-state index in [0.29, 0.717) is 18.2 Å². The molecule has 20 heavy (non-hydrogen) atoms. The molecule has 1 atom stereocenters. The van der Waals surface area contributed by atoms with Gasteiger partial charge in [0, 0.05) is 19.6 Å². The van der Waals surface area contributed by atoms with Crippen LogP contribution in [0.4, 0.5) is 18.9 Å². The van der Waals surface area contributed by atoms with Crippen LogP contribution in [0.3, 0.4) is 0 Å². The second-order valence-corrected chi connectivity index (χ2v) is 5.09. The van der Waals surface area contributed by atoms with E-state index in [2.05, 4.69) is 0 Å². The predicted octanol–water partition coefficient (Wildman–Crippen LogP) is 2.75. The quantitative estimate of drug-likeness (QED) is 0.924. The number of halogens is 3. The fourth-order valence-corrected chi connectivity index (χ4v) is 2.44. The van der Waals surface area contributed by atoms with Gasteiger partial charge in [-0.3, -0.25) is 0 Å². The van der Waals surface area contributed by atoms with E-state index in [1.165, 1.54) is 6.07 Å². The van der Waals surface area contributed by atoms with Gasteiger partial charge in [0.15, 0.2) is 0 Å². The van der Waals surface area contributed by atoms with Crippen LogP contribution in [0.25, 0.3) is 0 Å². The second-order valence-electron chi connectivity index (χ2n) is 5.09. The van der Waals surface area contributed by atoms with E-state index in [0.717, 1.165) is 25.0 Å². The van der Waals surface area contributed by atoms with Gasteiger partial charge in [-0.05, 0) is 37.0 Å². The van der Waals surface area contributed by atoms with Gasteiger partial charge in [-0.15, -0.1) is 0 Å². The highest BCUT2D eigenvalue weighted by atomic mass is 19.4. The molecule has 1 saturated carbocycles. The van der Waals surface area contributed by atoms with Gasteiger partial charge < -0.3 is 10.6 Å². The molecule has 1 aliphatic carbocycles. The Balaban J connectivity index is 2.34. The van der Waals surface area contributed by atoms with Gasteiger partial charge in [0.05, 0.1) is 16.8 Å². The zero-order valence-electron chi connectivity index (χ0n) is 11.1. The first-order valence-corrected chi connectivity index (χ1v) is 6.42. The van der Waals surface area contributed by atoms with E-state index in [-0.39, 0.29) is 11.6 Å². The Morgan fingerprint density at radius 1 is 1.45 bits per heavy atom. The maximum atomic E-state index is 12.7. The average Bonchev–Trinajstić information content (AvgIpc) is 3.22. The molecule has 0 amide bonds. The third kappa shape index (κ3) is 2.88. The predicted molar refractivity (Wildman–Crippen MR) is 70.1 cm³/mol. The van der Waals surface area contributed by atoms with E-state index in [4.69, 9.17) is 11.0 Å². The molecule has 2 rings (SSSR count). The Hall–Kier alpha value is -1.74. The van der Waals surface area contributed by atoms with E-state index in [9.17, 15) is 13.2 Å². The minimum absolute atomic E-state index is 0.0291. The highest BCUT2D eigenvalue weighted by molar-refractivity contribution is 5.61. The fourth-order valence-electron chi connectivity index (χ4n) is 2.44. The third-order valence-corrected chi connectivity index (χ3v) is 3.73. The molecule has 1 aliphatic rings. The molecule has 1 fully saturated rings. The number of likely N-dealkylation sites (N-methyl/N-ethyl adjacent to an activating group) is 1. The van der Waals surface area contributed by atoms with Gasteiger partial charge in [0.2, 0.25) is 0 Å². The smallest absolute Gasteiger partial charge is 0.369 e. The van der Waals surface area contributed by atoms with Crippen LogP contribution >= 0.6 is 0 Å². The number of nitriles is 1. The van der Waals surface area contributed by atoms with Crippen LogP contribution in [0.2, 0.25) is 0 Å². The summed E-state index contributed by atoms with van der Waals surface area (Å²) < 4.78 is 38.0. The van der Waals surface area contributed by atoms with Crippen molar-refractivity contribution in [2.45, 2.75) is 25.1 Å². The molecule has 1 aromatic carbocycles. The number of nitrogens with two attached hydrogens (primary N) is 1. The summed E-state index contributed by atoms with van der Waals surface area (Å²) in [4.78, 5) is 1.83. The number of hydrogen-bond donors (Lipinski definition) is 1. The van der Waals surface area contributed by atoms with Crippen molar-refractivity contribution in [1.29, 1.82) is 5.26 Å². The van der Waals surface area contributed by atoms with Gasteiger partial charge in [0.1, 0.15) is 6.07 Å².